The highest BCUT2D eigenvalue weighted by molar-refractivity contribution is 6.19. The first-order valence-electron chi connectivity index (χ1n) is 6.69. The average molecular weight is 280 g/mol. The van der Waals surface area contributed by atoms with Gasteiger partial charge in [-0.25, -0.2) is 8.78 Å². The monoisotopic (exact) mass is 280 g/mol. The van der Waals surface area contributed by atoms with Crippen molar-refractivity contribution in [2.75, 3.05) is 0 Å². The first kappa shape index (κ1) is 12.2. The molecular weight excluding hydrogens is 270 g/mol. The highest BCUT2D eigenvalue weighted by Crippen LogP contribution is 2.34. The molecule has 0 radical (unpaired) electrons. The van der Waals surface area contributed by atoms with Crippen molar-refractivity contribution in [3.63, 3.8) is 0 Å². The molecule has 0 saturated carbocycles. The molecule has 0 N–H and O–H groups in total. The van der Waals surface area contributed by atoms with Crippen LogP contribution >= 0.6 is 0 Å². The molecule has 0 unspecified atom stereocenters. The summed E-state index contributed by atoms with van der Waals surface area (Å²) in [5.41, 5.74) is 1.27. The van der Waals surface area contributed by atoms with E-state index in [1.807, 2.05) is 36.4 Å². The summed E-state index contributed by atoms with van der Waals surface area (Å²) < 4.78 is 27.9. The molecule has 21 heavy (non-hydrogen) atoms. The Balaban J connectivity index is 2.08. The maximum absolute atomic E-state index is 14.0. The van der Waals surface area contributed by atoms with Crippen LogP contribution < -0.4 is 0 Å². The Morgan fingerprint density at radius 2 is 1.57 bits per heavy atom. The van der Waals surface area contributed by atoms with Crippen LogP contribution in [0, 0.1) is 11.6 Å². The Labute approximate surface area is 119 Å². The lowest BCUT2D eigenvalue weighted by molar-refractivity contribution is 0.103. The molecule has 4 rings (SSSR count). The number of hydrogen-bond acceptors (Lipinski definition) is 1. The van der Waals surface area contributed by atoms with Gasteiger partial charge in [-0.3, -0.25) is 4.79 Å². The second-order valence-electron chi connectivity index (χ2n) is 5.21. The highest BCUT2D eigenvalue weighted by Gasteiger charge is 2.29. The van der Waals surface area contributed by atoms with Gasteiger partial charge < -0.3 is 0 Å². The van der Waals surface area contributed by atoms with Gasteiger partial charge in [0.2, 0.25) is 0 Å². The van der Waals surface area contributed by atoms with E-state index in [1.54, 1.807) is 0 Å². The normalized spacial score (nSPS) is 13.1. The minimum atomic E-state index is -0.657. The molecule has 0 atom stereocenters. The number of carbonyl (C=O) groups is 1. The second kappa shape index (κ2) is 4.22. The number of benzene rings is 3. The fraction of sp³-hybridized carbons (Fsp3) is 0.0556. The summed E-state index contributed by atoms with van der Waals surface area (Å²) in [7, 11) is 0. The maximum atomic E-state index is 14.0. The van der Waals surface area contributed by atoms with E-state index in [0.717, 1.165) is 28.5 Å². The van der Waals surface area contributed by atoms with Crippen molar-refractivity contribution in [1.82, 2.24) is 0 Å². The zero-order valence-electron chi connectivity index (χ0n) is 11.0. The van der Waals surface area contributed by atoms with Gasteiger partial charge in [0.05, 0.1) is 5.56 Å². The van der Waals surface area contributed by atoms with Gasteiger partial charge in [0.1, 0.15) is 11.6 Å². The van der Waals surface area contributed by atoms with Gasteiger partial charge in [0, 0.05) is 17.5 Å². The van der Waals surface area contributed by atoms with E-state index in [2.05, 4.69) is 0 Å². The molecule has 1 aliphatic carbocycles. The van der Waals surface area contributed by atoms with Gasteiger partial charge in [-0.15, -0.1) is 0 Å². The van der Waals surface area contributed by atoms with Crippen LogP contribution in [0.15, 0.2) is 48.5 Å². The third-order valence-corrected chi connectivity index (χ3v) is 4.04. The van der Waals surface area contributed by atoms with E-state index in [4.69, 9.17) is 0 Å². The van der Waals surface area contributed by atoms with E-state index >= 15 is 0 Å². The minimum Gasteiger partial charge on any atom is -0.288 e. The minimum absolute atomic E-state index is 0.126. The lowest BCUT2D eigenvalue weighted by Crippen LogP contribution is -2.19. The second-order valence-corrected chi connectivity index (χ2v) is 5.21. The van der Waals surface area contributed by atoms with Crippen molar-refractivity contribution in [3.8, 4) is 0 Å². The van der Waals surface area contributed by atoms with E-state index in [-0.39, 0.29) is 17.5 Å². The molecule has 3 aromatic carbocycles. The quantitative estimate of drug-likeness (QED) is 0.470. The molecule has 0 amide bonds. The van der Waals surface area contributed by atoms with E-state index in [0.29, 0.717) is 5.56 Å². The summed E-state index contributed by atoms with van der Waals surface area (Å²) in [6, 6.07) is 13.3. The first-order chi connectivity index (χ1) is 10.2. The van der Waals surface area contributed by atoms with Gasteiger partial charge in [0.15, 0.2) is 5.78 Å². The number of halogens is 2. The molecule has 3 aromatic rings. The van der Waals surface area contributed by atoms with Crippen LogP contribution in [0.4, 0.5) is 8.78 Å². The third-order valence-electron chi connectivity index (χ3n) is 4.04. The molecule has 0 spiro atoms. The predicted molar refractivity (Wildman–Crippen MR) is 76.5 cm³/mol. The molecule has 3 heteroatoms. The van der Waals surface area contributed by atoms with Crippen LogP contribution in [-0.2, 0) is 6.42 Å². The molecule has 0 fully saturated rings. The van der Waals surface area contributed by atoms with E-state index in [1.165, 1.54) is 0 Å². The van der Waals surface area contributed by atoms with Crippen LogP contribution in [0.1, 0.15) is 27.0 Å². The largest absolute Gasteiger partial charge is 0.288 e. The van der Waals surface area contributed by atoms with Gasteiger partial charge in [0.25, 0.3) is 0 Å². The van der Waals surface area contributed by atoms with Crippen LogP contribution in [0.3, 0.4) is 0 Å². The molecule has 0 bridgehead atoms. The van der Waals surface area contributed by atoms with Crippen LogP contribution in [0.25, 0.3) is 10.8 Å². The smallest absolute Gasteiger partial charge is 0.197 e. The Kier molecular flexibility index (Phi) is 2.45. The summed E-state index contributed by atoms with van der Waals surface area (Å²) in [6.07, 6.45) is 0.241. The van der Waals surface area contributed by atoms with Gasteiger partial charge in [-0.1, -0.05) is 36.4 Å². The lowest BCUT2D eigenvalue weighted by atomic mass is 9.82. The van der Waals surface area contributed by atoms with Crippen molar-refractivity contribution in [3.05, 3.63) is 82.4 Å². The van der Waals surface area contributed by atoms with Crippen molar-refractivity contribution in [2.45, 2.75) is 6.42 Å². The van der Waals surface area contributed by atoms with Gasteiger partial charge in [-0.05, 0) is 28.5 Å². The molecule has 0 saturated heterocycles. The summed E-state index contributed by atoms with van der Waals surface area (Å²) in [4.78, 5) is 12.7. The van der Waals surface area contributed by atoms with Gasteiger partial charge >= 0.3 is 0 Å². The van der Waals surface area contributed by atoms with E-state index < -0.39 is 17.4 Å². The van der Waals surface area contributed by atoms with Crippen LogP contribution in [0.2, 0.25) is 0 Å². The van der Waals surface area contributed by atoms with Crippen LogP contribution in [-0.4, -0.2) is 5.78 Å². The Bertz CT molecular complexity index is 912. The zero-order valence-corrected chi connectivity index (χ0v) is 11.0. The number of rotatable bonds is 0. The van der Waals surface area contributed by atoms with Gasteiger partial charge in [-0.2, -0.15) is 0 Å². The Morgan fingerprint density at radius 1 is 0.810 bits per heavy atom. The predicted octanol–water partition coefficient (Wildman–Crippen LogP) is 4.25. The molecule has 102 valence electrons. The number of ketones is 1. The third kappa shape index (κ3) is 1.64. The average Bonchev–Trinajstić information content (AvgIpc) is 2.50. The highest BCUT2D eigenvalue weighted by atomic mass is 19.1. The fourth-order valence-electron chi connectivity index (χ4n) is 3.06. The molecule has 1 nitrogen and oxygen atoms in total. The molecule has 0 aliphatic heterocycles. The zero-order chi connectivity index (χ0) is 14.6. The topological polar surface area (TPSA) is 17.1 Å². The first-order valence-corrected chi connectivity index (χ1v) is 6.69. The van der Waals surface area contributed by atoms with E-state index in [9.17, 15) is 13.6 Å². The lowest BCUT2D eigenvalue weighted by Gasteiger charge is -2.21. The van der Waals surface area contributed by atoms with Crippen molar-refractivity contribution in [2.24, 2.45) is 0 Å². The number of fused-ring (bicyclic) bond motifs is 4. The Morgan fingerprint density at radius 3 is 2.43 bits per heavy atom. The summed E-state index contributed by atoms with van der Waals surface area (Å²) in [6.45, 7) is 0. The summed E-state index contributed by atoms with van der Waals surface area (Å²) in [5, 5.41) is 1.71. The standard InChI is InChI=1S/C18H10F2O/c19-14-7-8-15(20)17-13(14)9-11-6-5-10-3-1-2-4-12(10)16(11)18(17)21/h1-8H,9H2. The molecule has 0 heterocycles. The number of carbonyl (C=O) groups excluding carboxylic acids is 1. The van der Waals surface area contributed by atoms with Crippen molar-refractivity contribution >= 4 is 16.6 Å². The van der Waals surface area contributed by atoms with Crippen molar-refractivity contribution < 1.29 is 13.6 Å². The fourth-order valence-corrected chi connectivity index (χ4v) is 3.06. The SMILES string of the molecule is O=C1c2c(F)ccc(F)c2Cc2ccc3ccccc3c21. The molecule has 1 aliphatic rings. The van der Waals surface area contributed by atoms with Crippen molar-refractivity contribution in [1.29, 1.82) is 0 Å². The summed E-state index contributed by atoms with van der Waals surface area (Å²) in [5.74, 6) is -1.62. The Hall–Kier alpha value is -2.55. The molecule has 0 aromatic heterocycles. The number of hydrogen-bond donors (Lipinski definition) is 0. The summed E-state index contributed by atoms with van der Waals surface area (Å²) >= 11 is 0. The molecular formula is C18H10F2O. The van der Waals surface area contributed by atoms with Crippen LogP contribution in [0.5, 0.6) is 0 Å². The maximum Gasteiger partial charge on any atom is 0.197 e.